The molecule has 0 radical (unpaired) electrons. The highest BCUT2D eigenvalue weighted by Gasteiger charge is 2.46. The third kappa shape index (κ3) is 8.96. The molecule has 2 atom stereocenters. The van der Waals surface area contributed by atoms with Gasteiger partial charge in [-0.2, -0.15) is 0 Å². The fraction of sp³-hybridized carbons (Fsp3) is 0.310. The molecule has 3 heterocycles. The highest BCUT2D eigenvalue weighted by molar-refractivity contribution is 6.24. The Hall–Kier alpha value is -7.41. The number of rotatable bonds is 15. The lowest BCUT2D eigenvalue weighted by Crippen LogP contribution is -2.54. The van der Waals surface area contributed by atoms with Gasteiger partial charge >= 0.3 is 0 Å². The fourth-order valence-electron chi connectivity index (χ4n) is 7.25. The van der Waals surface area contributed by atoms with Crippen LogP contribution in [0.25, 0.3) is 11.3 Å². The second-order valence-electron chi connectivity index (χ2n) is 14.6. The standard InChI is InChI=1S/C42H41N7O12/c1-48(2)40(56)25-10-8-23(19-31(25)50)33-20-29(47-61-33)38(54)45-28-11-9-22-6-7-24(18-27(22)28)37(53)44-15-17-59-16-14-43-35(52)21-60-32-5-3-4-26-36(32)42(58)49(41(26)57)30-12-13-34(51)46-39(30)55/h3-8,10,18-20,28,30,50H,9,11-17,21H2,1-2H3,(H,43,52)(H,44,53)(H,45,54)(H,46,51,55). The second kappa shape index (κ2) is 17.8. The minimum absolute atomic E-state index is 0.0000117. The molecule has 1 aliphatic carbocycles. The van der Waals surface area contributed by atoms with Gasteiger partial charge in [0.05, 0.1) is 35.9 Å². The van der Waals surface area contributed by atoms with Crippen molar-refractivity contribution < 1.29 is 57.5 Å². The van der Waals surface area contributed by atoms with Gasteiger partial charge < -0.3 is 40.0 Å². The van der Waals surface area contributed by atoms with Crippen molar-refractivity contribution in [3.63, 3.8) is 0 Å². The lowest BCUT2D eigenvalue weighted by atomic mass is 10.0. The number of aromatic hydroxyl groups is 1. The Morgan fingerprint density at radius 2 is 1.70 bits per heavy atom. The van der Waals surface area contributed by atoms with Crippen molar-refractivity contribution in [2.45, 2.75) is 37.8 Å². The van der Waals surface area contributed by atoms with E-state index in [1.165, 1.54) is 41.3 Å². The number of hydrogen-bond donors (Lipinski definition) is 5. The maximum absolute atomic E-state index is 13.2. The molecule has 61 heavy (non-hydrogen) atoms. The summed E-state index contributed by atoms with van der Waals surface area (Å²) in [5.41, 5.74) is 2.72. The van der Waals surface area contributed by atoms with E-state index in [4.69, 9.17) is 14.0 Å². The Labute approximate surface area is 347 Å². The summed E-state index contributed by atoms with van der Waals surface area (Å²) in [5.74, 6) is -4.39. The highest BCUT2D eigenvalue weighted by Crippen LogP contribution is 2.35. The lowest BCUT2D eigenvalue weighted by molar-refractivity contribution is -0.136. The van der Waals surface area contributed by atoms with E-state index in [2.05, 4.69) is 26.4 Å². The van der Waals surface area contributed by atoms with Gasteiger partial charge in [0.2, 0.25) is 11.8 Å². The first kappa shape index (κ1) is 41.7. The van der Waals surface area contributed by atoms with Crippen LogP contribution < -0.4 is 26.0 Å². The molecule has 7 rings (SSSR count). The molecule has 19 nitrogen and oxygen atoms in total. The summed E-state index contributed by atoms with van der Waals surface area (Å²) in [5, 5.41) is 24.8. The van der Waals surface area contributed by atoms with Crippen molar-refractivity contribution >= 4 is 47.3 Å². The predicted octanol–water partition coefficient (Wildman–Crippen LogP) is 1.51. The van der Waals surface area contributed by atoms with E-state index in [1.54, 1.807) is 32.3 Å². The number of piperidine rings is 1. The number of hydrogen-bond acceptors (Lipinski definition) is 13. The summed E-state index contributed by atoms with van der Waals surface area (Å²) in [6.45, 7) is 0.0941. The summed E-state index contributed by atoms with van der Waals surface area (Å²) in [7, 11) is 3.15. The van der Waals surface area contributed by atoms with Gasteiger partial charge in [-0.1, -0.05) is 23.4 Å². The Bertz CT molecular complexity index is 2460. The number of nitrogens with zero attached hydrogens (tertiary/aromatic N) is 3. The Morgan fingerprint density at radius 1 is 0.918 bits per heavy atom. The topological polar surface area (TPSA) is 256 Å². The summed E-state index contributed by atoms with van der Waals surface area (Å²) in [6, 6.07) is 14.0. The number of amides is 8. The molecule has 4 aromatic rings. The molecule has 2 unspecified atom stereocenters. The number of ether oxygens (including phenoxy) is 2. The predicted molar refractivity (Wildman–Crippen MR) is 211 cm³/mol. The SMILES string of the molecule is CN(C)C(=O)c1ccc(-c2cc(C(=O)NC3CCc4ccc(C(=O)NCCOCCNC(=O)COc5cccc6c5C(=O)N(C5CCC(=O)NC5=O)C6=O)cc43)no2)cc1O. The Balaban J connectivity index is 0.823. The van der Waals surface area contributed by atoms with Gasteiger partial charge in [0.1, 0.15) is 17.5 Å². The van der Waals surface area contributed by atoms with E-state index in [9.17, 15) is 43.5 Å². The van der Waals surface area contributed by atoms with Crippen LogP contribution in [0, 0.1) is 0 Å². The smallest absolute Gasteiger partial charge is 0.273 e. The largest absolute Gasteiger partial charge is 0.507 e. The molecule has 1 aromatic heterocycles. The van der Waals surface area contributed by atoms with Crippen LogP contribution in [-0.4, -0.2) is 120 Å². The summed E-state index contributed by atoms with van der Waals surface area (Å²) in [4.78, 5) is 103. The van der Waals surface area contributed by atoms with E-state index >= 15 is 0 Å². The number of carbonyl (C=O) groups is 8. The van der Waals surface area contributed by atoms with Crippen molar-refractivity contribution in [3.05, 3.63) is 99.7 Å². The first-order chi connectivity index (χ1) is 29.3. The Morgan fingerprint density at radius 3 is 2.46 bits per heavy atom. The molecule has 8 amide bonds. The Kier molecular flexibility index (Phi) is 12.2. The van der Waals surface area contributed by atoms with E-state index in [0.29, 0.717) is 24.0 Å². The fourth-order valence-corrected chi connectivity index (χ4v) is 7.25. The molecule has 3 aromatic carbocycles. The maximum atomic E-state index is 13.2. The van der Waals surface area contributed by atoms with Crippen molar-refractivity contribution in [2.75, 3.05) is 47.0 Å². The molecular formula is C42H41N7O12. The number of phenolic OH excluding ortho intramolecular Hbond substituents is 1. The van der Waals surface area contributed by atoms with Crippen LogP contribution in [0.1, 0.15) is 88.4 Å². The minimum atomic E-state index is -1.13. The van der Waals surface area contributed by atoms with Gasteiger partial charge in [-0.3, -0.25) is 48.6 Å². The second-order valence-corrected chi connectivity index (χ2v) is 14.6. The molecule has 1 fully saturated rings. The number of aromatic nitrogens is 1. The van der Waals surface area contributed by atoms with E-state index in [-0.39, 0.29) is 96.6 Å². The molecule has 1 saturated heterocycles. The van der Waals surface area contributed by atoms with Gasteiger partial charge in [-0.15, -0.1) is 0 Å². The monoisotopic (exact) mass is 835 g/mol. The molecule has 3 aliphatic rings. The summed E-state index contributed by atoms with van der Waals surface area (Å²) >= 11 is 0. The number of aryl methyl sites for hydroxylation is 1. The van der Waals surface area contributed by atoms with Crippen molar-refractivity contribution in [2.24, 2.45) is 0 Å². The van der Waals surface area contributed by atoms with Crippen molar-refractivity contribution in [3.8, 4) is 22.8 Å². The molecule has 19 heteroatoms. The highest BCUT2D eigenvalue weighted by atomic mass is 16.5. The van der Waals surface area contributed by atoms with Gasteiger partial charge in [0.25, 0.3) is 35.4 Å². The van der Waals surface area contributed by atoms with Crippen LogP contribution in [0.2, 0.25) is 0 Å². The quantitative estimate of drug-likeness (QED) is 0.0842. The number of nitrogens with one attached hydrogen (secondary N) is 4. The first-order valence-electron chi connectivity index (χ1n) is 19.4. The van der Waals surface area contributed by atoms with Gasteiger partial charge in [0, 0.05) is 50.8 Å². The number of imide groups is 2. The number of phenols is 1. The van der Waals surface area contributed by atoms with E-state index in [1.807, 2.05) is 6.07 Å². The van der Waals surface area contributed by atoms with Crippen molar-refractivity contribution in [1.82, 2.24) is 36.2 Å². The van der Waals surface area contributed by atoms with Crippen LogP contribution in [0.4, 0.5) is 0 Å². The summed E-state index contributed by atoms with van der Waals surface area (Å²) in [6.07, 6.45) is 1.30. The average Bonchev–Trinajstić information content (AvgIpc) is 3.96. The maximum Gasteiger partial charge on any atom is 0.273 e. The number of carbonyl (C=O) groups excluding carboxylic acids is 8. The third-order valence-electron chi connectivity index (χ3n) is 10.3. The molecule has 316 valence electrons. The zero-order valence-corrected chi connectivity index (χ0v) is 33.1. The zero-order chi connectivity index (χ0) is 43.4. The average molecular weight is 836 g/mol. The van der Waals surface area contributed by atoms with Crippen LogP contribution in [0.5, 0.6) is 11.5 Å². The molecule has 5 N–H and O–H groups in total. The normalized spacial score (nSPS) is 16.7. The van der Waals surface area contributed by atoms with Crippen LogP contribution in [0.3, 0.4) is 0 Å². The van der Waals surface area contributed by atoms with Gasteiger partial charge in [-0.25, -0.2) is 0 Å². The van der Waals surface area contributed by atoms with Crippen molar-refractivity contribution in [1.29, 1.82) is 0 Å². The number of benzene rings is 3. The van der Waals surface area contributed by atoms with Crippen LogP contribution in [-0.2, 0) is 25.5 Å². The molecular weight excluding hydrogens is 794 g/mol. The van der Waals surface area contributed by atoms with Crippen LogP contribution >= 0.6 is 0 Å². The molecule has 2 aliphatic heterocycles. The van der Waals surface area contributed by atoms with E-state index in [0.717, 1.165) is 16.0 Å². The van der Waals surface area contributed by atoms with Crippen LogP contribution in [0.15, 0.2) is 65.2 Å². The van der Waals surface area contributed by atoms with Gasteiger partial charge in [-0.05, 0) is 66.8 Å². The number of fused-ring (bicyclic) bond motifs is 2. The minimum Gasteiger partial charge on any atom is -0.507 e. The molecule has 0 bridgehead atoms. The third-order valence-corrected chi connectivity index (χ3v) is 10.3. The van der Waals surface area contributed by atoms with Gasteiger partial charge in [0.15, 0.2) is 18.1 Å². The zero-order valence-electron chi connectivity index (χ0n) is 33.1. The van der Waals surface area contributed by atoms with E-state index < -0.39 is 48.1 Å². The molecule has 0 spiro atoms. The first-order valence-corrected chi connectivity index (χ1v) is 19.4. The lowest BCUT2D eigenvalue weighted by Gasteiger charge is -2.27. The molecule has 0 saturated carbocycles. The summed E-state index contributed by atoms with van der Waals surface area (Å²) < 4.78 is 16.5.